The smallest absolute Gasteiger partial charge is 0.123 e. The van der Waals surface area contributed by atoms with Gasteiger partial charge in [0.05, 0.1) is 40.7 Å². The molecule has 2 aromatic carbocycles. The van der Waals surface area contributed by atoms with E-state index in [2.05, 4.69) is 42.0 Å². The van der Waals surface area contributed by atoms with Gasteiger partial charge in [-0.15, -0.1) is 0 Å². The van der Waals surface area contributed by atoms with Crippen molar-refractivity contribution >= 4 is 33.2 Å². The van der Waals surface area contributed by atoms with Crippen LogP contribution in [0.3, 0.4) is 0 Å². The van der Waals surface area contributed by atoms with E-state index in [0.29, 0.717) is 11.3 Å². The number of hydrogen-bond acceptors (Lipinski definition) is 5. The molecular weight excluding hydrogens is 501 g/mol. The summed E-state index contributed by atoms with van der Waals surface area (Å²) in [5.41, 5.74) is 8.89. The minimum Gasteiger partial charge on any atom is -0.354 e. The maximum Gasteiger partial charge on any atom is 0.123 e. The molecule has 0 amide bonds. The lowest BCUT2D eigenvalue weighted by Gasteiger charge is -2.10. The van der Waals surface area contributed by atoms with E-state index in [4.69, 9.17) is 0 Å². The molecule has 7 aromatic rings. The number of aromatic nitrogens is 6. The molecule has 0 atom stereocenters. The van der Waals surface area contributed by atoms with Gasteiger partial charge in [0.15, 0.2) is 0 Å². The number of H-pyrrole nitrogens is 2. The minimum atomic E-state index is -0.302. The Morgan fingerprint density at radius 1 is 0.775 bits per heavy atom. The SMILES string of the molecule is C=C(Nc1cncc(-c2cc3c(-c4cc5c(-c6cccc(F)c6)nccc5[nH]4)n[nH]c3cn2)c1)c1ccccc1. The van der Waals surface area contributed by atoms with Crippen molar-refractivity contribution in [2.24, 2.45) is 0 Å². The first-order chi connectivity index (χ1) is 19.6. The third-order valence-corrected chi connectivity index (χ3v) is 6.80. The van der Waals surface area contributed by atoms with Crippen LogP contribution in [0.1, 0.15) is 5.56 Å². The molecule has 0 saturated carbocycles. The molecule has 0 fully saturated rings. The van der Waals surface area contributed by atoms with Crippen LogP contribution >= 0.6 is 0 Å². The van der Waals surface area contributed by atoms with Crippen molar-refractivity contribution in [1.29, 1.82) is 0 Å². The van der Waals surface area contributed by atoms with Gasteiger partial charge in [0.25, 0.3) is 0 Å². The van der Waals surface area contributed by atoms with E-state index in [0.717, 1.165) is 61.4 Å². The van der Waals surface area contributed by atoms with Gasteiger partial charge in [-0.3, -0.25) is 20.1 Å². The molecule has 3 N–H and O–H groups in total. The number of anilines is 1. The van der Waals surface area contributed by atoms with Crippen LogP contribution in [0.25, 0.3) is 61.4 Å². The molecule has 0 saturated heterocycles. The van der Waals surface area contributed by atoms with Crippen molar-refractivity contribution in [2.75, 3.05) is 5.32 Å². The zero-order chi connectivity index (χ0) is 27.1. The fraction of sp³-hybridized carbons (Fsp3) is 0. The van der Waals surface area contributed by atoms with Gasteiger partial charge in [-0.1, -0.05) is 49.0 Å². The van der Waals surface area contributed by atoms with Gasteiger partial charge in [-0.05, 0) is 42.0 Å². The van der Waals surface area contributed by atoms with E-state index in [1.54, 1.807) is 30.9 Å². The van der Waals surface area contributed by atoms with Gasteiger partial charge in [0.2, 0.25) is 0 Å². The fourth-order valence-corrected chi connectivity index (χ4v) is 4.86. The Bertz CT molecular complexity index is 2020. The molecule has 0 radical (unpaired) electrons. The zero-order valence-electron chi connectivity index (χ0n) is 21.2. The van der Waals surface area contributed by atoms with Crippen LogP contribution in [0.4, 0.5) is 10.1 Å². The summed E-state index contributed by atoms with van der Waals surface area (Å²) >= 11 is 0. The van der Waals surface area contributed by atoms with Gasteiger partial charge in [-0.25, -0.2) is 4.39 Å². The maximum atomic E-state index is 13.9. The van der Waals surface area contributed by atoms with Crippen molar-refractivity contribution in [1.82, 2.24) is 30.1 Å². The third kappa shape index (κ3) is 4.27. The third-order valence-electron chi connectivity index (χ3n) is 6.80. The quantitative estimate of drug-likeness (QED) is 0.210. The molecule has 0 aliphatic rings. The summed E-state index contributed by atoms with van der Waals surface area (Å²) in [4.78, 5) is 17.1. The Labute approximate surface area is 228 Å². The summed E-state index contributed by atoms with van der Waals surface area (Å²) < 4.78 is 13.9. The van der Waals surface area contributed by atoms with E-state index in [-0.39, 0.29) is 5.82 Å². The number of rotatable bonds is 6. The minimum absolute atomic E-state index is 0.302. The lowest BCUT2D eigenvalue weighted by Crippen LogP contribution is -1.98. The number of nitrogens with one attached hydrogen (secondary N) is 3. The highest BCUT2D eigenvalue weighted by Crippen LogP contribution is 2.34. The topological polar surface area (TPSA) is 95.2 Å². The van der Waals surface area contributed by atoms with Crippen molar-refractivity contribution < 1.29 is 4.39 Å². The molecule has 0 bridgehead atoms. The maximum absolute atomic E-state index is 13.9. The van der Waals surface area contributed by atoms with Gasteiger partial charge < -0.3 is 10.3 Å². The molecule has 5 aromatic heterocycles. The number of pyridine rings is 3. The fourth-order valence-electron chi connectivity index (χ4n) is 4.86. The molecule has 0 aliphatic heterocycles. The van der Waals surface area contributed by atoms with E-state index in [9.17, 15) is 4.39 Å². The highest BCUT2D eigenvalue weighted by Gasteiger charge is 2.16. The van der Waals surface area contributed by atoms with Gasteiger partial charge >= 0.3 is 0 Å². The molecule has 192 valence electrons. The lowest BCUT2D eigenvalue weighted by molar-refractivity contribution is 0.628. The first kappa shape index (κ1) is 23.5. The summed E-state index contributed by atoms with van der Waals surface area (Å²) in [6, 6.07) is 24.3. The first-order valence-corrected chi connectivity index (χ1v) is 12.7. The Hall–Kier alpha value is -5.63. The number of benzene rings is 2. The summed E-state index contributed by atoms with van der Waals surface area (Å²) in [6.07, 6.45) is 7.03. The first-order valence-electron chi connectivity index (χ1n) is 12.7. The molecule has 0 aliphatic carbocycles. The largest absolute Gasteiger partial charge is 0.354 e. The Morgan fingerprint density at radius 2 is 1.65 bits per heavy atom. The van der Waals surface area contributed by atoms with Crippen LogP contribution < -0.4 is 5.32 Å². The predicted molar refractivity (Wildman–Crippen MR) is 157 cm³/mol. The molecule has 8 heteroatoms. The van der Waals surface area contributed by atoms with Crippen LogP contribution in [-0.2, 0) is 0 Å². The normalized spacial score (nSPS) is 11.2. The lowest BCUT2D eigenvalue weighted by atomic mass is 10.1. The Kier molecular flexibility index (Phi) is 5.63. The molecule has 7 nitrogen and oxygen atoms in total. The van der Waals surface area contributed by atoms with Crippen molar-refractivity contribution in [2.45, 2.75) is 0 Å². The second kappa shape index (κ2) is 9.59. The van der Waals surface area contributed by atoms with Crippen LogP contribution in [0, 0.1) is 5.82 Å². The summed E-state index contributed by atoms with van der Waals surface area (Å²) in [6.45, 7) is 4.16. The van der Waals surface area contributed by atoms with Crippen molar-refractivity contribution in [3.63, 3.8) is 0 Å². The van der Waals surface area contributed by atoms with Crippen molar-refractivity contribution in [3.05, 3.63) is 122 Å². The molecular formula is C32H22FN7. The zero-order valence-corrected chi connectivity index (χ0v) is 21.2. The average molecular weight is 524 g/mol. The number of nitrogens with zero attached hydrogens (tertiary/aromatic N) is 4. The van der Waals surface area contributed by atoms with Crippen molar-refractivity contribution in [3.8, 4) is 33.9 Å². The van der Waals surface area contributed by atoms with Crippen LogP contribution in [-0.4, -0.2) is 30.1 Å². The van der Waals surface area contributed by atoms with E-state index < -0.39 is 0 Å². The van der Waals surface area contributed by atoms with Gasteiger partial charge in [0, 0.05) is 45.5 Å². The number of halogens is 1. The van der Waals surface area contributed by atoms with Crippen LogP contribution in [0.15, 0.2) is 110 Å². The molecule has 40 heavy (non-hydrogen) atoms. The molecule has 0 unspecified atom stereocenters. The van der Waals surface area contributed by atoms with Gasteiger partial charge in [-0.2, -0.15) is 5.10 Å². The molecule has 0 spiro atoms. The average Bonchev–Trinajstić information content (AvgIpc) is 3.61. The highest BCUT2D eigenvalue weighted by molar-refractivity contribution is 6.00. The molecule has 5 heterocycles. The van der Waals surface area contributed by atoms with E-state index in [1.807, 2.05) is 60.7 Å². The predicted octanol–water partition coefficient (Wildman–Crippen LogP) is 7.45. The van der Waals surface area contributed by atoms with E-state index in [1.165, 1.54) is 12.1 Å². The second-order valence-corrected chi connectivity index (χ2v) is 9.43. The highest BCUT2D eigenvalue weighted by atomic mass is 19.1. The Morgan fingerprint density at radius 3 is 2.52 bits per heavy atom. The second-order valence-electron chi connectivity index (χ2n) is 9.43. The Balaban J connectivity index is 1.25. The summed E-state index contributed by atoms with van der Waals surface area (Å²) in [7, 11) is 0. The van der Waals surface area contributed by atoms with Gasteiger partial charge in [0.1, 0.15) is 11.5 Å². The number of hydrogen-bond donors (Lipinski definition) is 3. The molecule has 7 rings (SSSR count). The number of aromatic amines is 2. The summed E-state index contributed by atoms with van der Waals surface area (Å²) in [5.74, 6) is -0.302. The summed E-state index contributed by atoms with van der Waals surface area (Å²) in [5, 5.41) is 12.8. The van der Waals surface area contributed by atoms with E-state index >= 15 is 0 Å². The van der Waals surface area contributed by atoms with Crippen LogP contribution in [0.5, 0.6) is 0 Å². The standard InChI is InChI=1S/C32H22FN7/c1-19(20-6-3-2-4-7-20)37-24-13-22(16-34-17-24)28-14-26-30(18-36-28)39-40-32(26)29-15-25-27(38-29)10-11-35-31(25)21-8-5-9-23(33)12-21/h2-18,37-38H,1H2,(H,39,40). The van der Waals surface area contributed by atoms with Crippen LogP contribution in [0.2, 0.25) is 0 Å². The monoisotopic (exact) mass is 523 g/mol. The number of fused-ring (bicyclic) bond motifs is 2.